The van der Waals surface area contributed by atoms with Gasteiger partial charge in [0, 0.05) is 17.6 Å². The lowest BCUT2D eigenvalue weighted by atomic mass is 10.3. The average Bonchev–Trinajstić information content (AvgIpc) is 2.82. The first-order chi connectivity index (χ1) is 8.78. The van der Waals surface area contributed by atoms with Crippen LogP contribution < -0.4 is 11.1 Å². The predicted molar refractivity (Wildman–Crippen MR) is 73.4 cm³/mol. The molecule has 0 radical (unpaired) electrons. The van der Waals surface area contributed by atoms with E-state index in [1.165, 1.54) is 6.08 Å². The van der Waals surface area contributed by atoms with Crippen molar-refractivity contribution in [3.63, 3.8) is 0 Å². The number of nitrogens with two attached hydrogens (primary N) is 1. The summed E-state index contributed by atoms with van der Waals surface area (Å²) in [7, 11) is -3.17. The van der Waals surface area contributed by atoms with Crippen molar-refractivity contribution < 1.29 is 13.2 Å². The van der Waals surface area contributed by atoms with Crippen molar-refractivity contribution in [1.82, 2.24) is 9.88 Å². The van der Waals surface area contributed by atoms with E-state index < -0.39 is 15.9 Å². The second-order valence-electron chi connectivity index (χ2n) is 4.90. The normalized spacial score (nSPS) is 20.9. The van der Waals surface area contributed by atoms with Gasteiger partial charge in [0.15, 0.2) is 9.84 Å². The maximum Gasteiger partial charge on any atom is 0.268 e. The first kappa shape index (κ1) is 13.7. The van der Waals surface area contributed by atoms with Gasteiger partial charge in [-0.2, -0.15) is 0 Å². The number of nitrogens with zero attached hydrogens (tertiary/aromatic N) is 1. The Kier molecular flexibility index (Phi) is 3.40. The van der Waals surface area contributed by atoms with Gasteiger partial charge >= 0.3 is 0 Å². The summed E-state index contributed by atoms with van der Waals surface area (Å²) in [5.74, 6) is -0.409. The molecule has 1 atom stereocenters. The van der Waals surface area contributed by atoms with E-state index in [0.29, 0.717) is 11.4 Å². The summed E-state index contributed by atoms with van der Waals surface area (Å²) >= 11 is 0. The number of anilines is 1. The summed E-state index contributed by atoms with van der Waals surface area (Å²) in [4.78, 5) is 12.1. The molecule has 0 aromatic carbocycles. The maximum atomic E-state index is 12.1. The number of carbonyl (C=O) groups is 1. The Morgan fingerprint density at radius 1 is 1.53 bits per heavy atom. The van der Waals surface area contributed by atoms with Gasteiger partial charge in [0.2, 0.25) is 0 Å². The number of hydrogen-bond donors (Lipinski definition) is 2. The lowest BCUT2D eigenvalue weighted by Gasteiger charge is -2.14. The zero-order valence-electron chi connectivity index (χ0n) is 10.8. The highest BCUT2D eigenvalue weighted by atomic mass is 32.2. The van der Waals surface area contributed by atoms with Gasteiger partial charge in [0.05, 0.1) is 17.5 Å². The van der Waals surface area contributed by atoms with Crippen LogP contribution in [0, 0.1) is 0 Å². The summed E-state index contributed by atoms with van der Waals surface area (Å²) in [5, 5.41) is 3.81. The Morgan fingerprint density at radius 3 is 2.74 bits per heavy atom. The van der Waals surface area contributed by atoms with E-state index in [1.807, 2.05) is 13.8 Å². The minimum Gasteiger partial charge on any atom is -0.397 e. The quantitative estimate of drug-likeness (QED) is 0.853. The van der Waals surface area contributed by atoms with E-state index in [-0.39, 0.29) is 17.7 Å². The molecular formula is C12H17N3O3S. The largest absolute Gasteiger partial charge is 0.397 e. The van der Waals surface area contributed by atoms with Crippen molar-refractivity contribution in [2.75, 3.05) is 11.5 Å². The number of hydrogen-bond acceptors (Lipinski definition) is 4. The molecule has 0 spiro atoms. The highest BCUT2D eigenvalue weighted by Crippen LogP contribution is 2.17. The number of sulfone groups is 1. The molecule has 0 aliphatic carbocycles. The maximum absolute atomic E-state index is 12.1. The van der Waals surface area contributed by atoms with Crippen molar-refractivity contribution >= 4 is 21.4 Å². The van der Waals surface area contributed by atoms with Crippen LogP contribution in [0.25, 0.3) is 0 Å². The molecule has 3 N–H and O–H groups in total. The minimum atomic E-state index is -3.17. The number of carbonyl (C=O) groups excluding carboxylic acids is 1. The molecule has 0 fully saturated rings. The third kappa shape index (κ3) is 2.98. The molecule has 0 saturated carbocycles. The fraction of sp³-hybridized carbons (Fsp3) is 0.417. The number of amides is 1. The van der Waals surface area contributed by atoms with Gasteiger partial charge in [-0.15, -0.1) is 0 Å². The lowest BCUT2D eigenvalue weighted by molar-refractivity contribution is 0.0937. The Balaban J connectivity index is 2.15. The number of nitrogen functional groups attached to an aromatic ring is 1. The van der Waals surface area contributed by atoms with Gasteiger partial charge in [0.1, 0.15) is 5.69 Å². The monoisotopic (exact) mass is 283 g/mol. The molecule has 1 aliphatic rings. The summed E-state index contributed by atoms with van der Waals surface area (Å²) in [6.07, 6.45) is 3.18. The van der Waals surface area contributed by atoms with Crippen LogP contribution in [-0.4, -0.2) is 30.7 Å². The molecule has 0 saturated heterocycles. The fourth-order valence-corrected chi connectivity index (χ4v) is 3.25. The van der Waals surface area contributed by atoms with Crippen LogP contribution in [0.1, 0.15) is 30.4 Å². The summed E-state index contributed by atoms with van der Waals surface area (Å²) in [5.41, 5.74) is 6.64. The van der Waals surface area contributed by atoms with E-state index >= 15 is 0 Å². The van der Waals surface area contributed by atoms with Crippen LogP contribution in [-0.2, 0) is 9.84 Å². The molecule has 1 aliphatic heterocycles. The third-order valence-electron chi connectivity index (χ3n) is 2.91. The minimum absolute atomic E-state index is 0.0867. The smallest absolute Gasteiger partial charge is 0.268 e. The standard InChI is InChI=1S/C12H17N3O3S/c1-8(2)15-6-9(13)5-11(15)12(16)14-10-3-4-19(17,18)7-10/h3-6,8,10H,7,13H2,1-2H3,(H,14,16). The molecule has 1 amide bonds. The van der Waals surface area contributed by atoms with E-state index in [1.54, 1.807) is 16.8 Å². The van der Waals surface area contributed by atoms with Crippen LogP contribution in [0.5, 0.6) is 0 Å². The molecule has 0 bridgehead atoms. The SMILES string of the molecule is CC(C)n1cc(N)cc1C(=O)NC1C=CS(=O)(=O)C1. The zero-order valence-corrected chi connectivity index (χ0v) is 11.6. The number of rotatable bonds is 3. The van der Waals surface area contributed by atoms with Gasteiger partial charge in [-0.25, -0.2) is 8.42 Å². The highest BCUT2D eigenvalue weighted by Gasteiger charge is 2.24. The Labute approximate surface area is 112 Å². The van der Waals surface area contributed by atoms with Crippen LogP contribution in [0.4, 0.5) is 5.69 Å². The van der Waals surface area contributed by atoms with Crippen molar-refractivity contribution in [2.24, 2.45) is 0 Å². The van der Waals surface area contributed by atoms with E-state index in [9.17, 15) is 13.2 Å². The fourth-order valence-electron chi connectivity index (χ4n) is 2.02. The first-order valence-electron chi connectivity index (χ1n) is 5.97. The van der Waals surface area contributed by atoms with Gasteiger partial charge in [-0.3, -0.25) is 4.79 Å². The molecule has 1 aromatic rings. The van der Waals surface area contributed by atoms with Gasteiger partial charge < -0.3 is 15.6 Å². The van der Waals surface area contributed by atoms with Gasteiger partial charge in [-0.05, 0) is 26.0 Å². The summed E-state index contributed by atoms with van der Waals surface area (Å²) in [6, 6.07) is 1.21. The molecule has 19 heavy (non-hydrogen) atoms. The third-order valence-corrected chi connectivity index (χ3v) is 4.30. The Hall–Kier alpha value is -1.76. The van der Waals surface area contributed by atoms with Crippen molar-refractivity contribution in [1.29, 1.82) is 0 Å². The molecule has 7 heteroatoms. The van der Waals surface area contributed by atoms with Crippen LogP contribution >= 0.6 is 0 Å². The van der Waals surface area contributed by atoms with Crippen LogP contribution in [0.2, 0.25) is 0 Å². The number of nitrogens with one attached hydrogen (secondary N) is 1. The Morgan fingerprint density at radius 2 is 2.21 bits per heavy atom. The van der Waals surface area contributed by atoms with Crippen LogP contribution in [0.3, 0.4) is 0 Å². The number of aromatic nitrogens is 1. The van der Waals surface area contributed by atoms with Gasteiger partial charge in [-0.1, -0.05) is 0 Å². The van der Waals surface area contributed by atoms with Crippen molar-refractivity contribution in [2.45, 2.75) is 25.9 Å². The van der Waals surface area contributed by atoms with Crippen molar-refractivity contribution in [3.8, 4) is 0 Å². The predicted octanol–water partition coefficient (Wildman–Crippen LogP) is 0.692. The Bertz CT molecular complexity index is 629. The molecule has 1 aromatic heterocycles. The second-order valence-corrected chi connectivity index (χ2v) is 6.83. The molecule has 2 rings (SSSR count). The average molecular weight is 283 g/mol. The van der Waals surface area contributed by atoms with E-state index in [0.717, 1.165) is 5.41 Å². The lowest BCUT2D eigenvalue weighted by Crippen LogP contribution is -2.36. The van der Waals surface area contributed by atoms with Crippen LogP contribution in [0.15, 0.2) is 23.7 Å². The second kappa shape index (κ2) is 4.73. The molecule has 6 nitrogen and oxygen atoms in total. The zero-order chi connectivity index (χ0) is 14.2. The van der Waals surface area contributed by atoms with E-state index in [4.69, 9.17) is 5.73 Å². The molecular weight excluding hydrogens is 266 g/mol. The summed E-state index contributed by atoms with van der Waals surface area (Å²) in [6.45, 7) is 3.88. The summed E-state index contributed by atoms with van der Waals surface area (Å²) < 4.78 is 24.3. The molecule has 1 unspecified atom stereocenters. The van der Waals surface area contributed by atoms with Crippen molar-refractivity contribution in [3.05, 3.63) is 29.4 Å². The molecule has 104 valence electrons. The topological polar surface area (TPSA) is 94.2 Å². The first-order valence-corrected chi connectivity index (χ1v) is 7.69. The van der Waals surface area contributed by atoms with Gasteiger partial charge in [0.25, 0.3) is 5.91 Å². The highest BCUT2D eigenvalue weighted by molar-refractivity contribution is 7.94. The molecule has 2 heterocycles. The van der Waals surface area contributed by atoms with E-state index in [2.05, 4.69) is 5.32 Å².